The highest BCUT2D eigenvalue weighted by Gasteiger charge is 1.91. The van der Waals surface area contributed by atoms with Crippen LogP contribution in [-0.2, 0) is 0 Å². The van der Waals surface area contributed by atoms with E-state index in [-0.39, 0.29) is 5.24 Å². The van der Waals surface area contributed by atoms with Gasteiger partial charge in [0.1, 0.15) is 0 Å². The summed E-state index contributed by atoms with van der Waals surface area (Å²) in [6.45, 7) is 0. The fourth-order valence-electron chi connectivity index (χ4n) is 0.237. The molecular weight excluding hydrogens is 142 g/mol. The van der Waals surface area contributed by atoms with E-state index in [0.29, 0.717) is 0 Å². The summed E-state index contributed by atoms with van der Waals surface area (Å²) in [7, 11) is 0. The molecule has 0 heterocycles. The van der Waals surface area contributed by atoms with Crippen LogP contribution >= 0.6 is 24.4 Å². The van der Waals surface area contributed by atoms with Crippen molar-refractivity contribution in [1.82, 2.24) is 0 Å². The van der Waals surface area contributed by atoms with Crippen molar-refractivity contribution in [3.05, 3.63) is 0 Å². The van der Waals surface area contributed by atoms with Crippen LogP contribution in [0.3, 0.4) is 0 Å². The Morgan fingerprint density at radius 1 is 1.75 bits per heavy atom. The highest BCUT2D eigenvalue weighted by molar-refractivity contribution is 8.13. The third-order valence-electron chi connectivity index (χ3n) is 0.547. The van der Waals surface area contributed by atoms with Crippen LogP contribution in [0.25, 0.3) is 0 Å². The Balaban J connectivity index is 2.82. The molecule has 0 saturated heterocycles. The highest BCUT2D eigenvalue weighted by Crippen LogP contribution is 2.01. The van der Waals surface area contributed by atoms with Crippen LogP contribution in [-0.4, -0.2) is 16.7 Å². The molecule has 0 aromatic heterocycles. The Hall–Kier alpha value is 0.170. The van der Waals surface area contributed by atoms with E-state index in [0.717, 1.165) is 29.7 Å². The predicted molar refractivity (Wildman–Crippen MR) is 40.5 cm³/mol. The Morgan fingerprint density at radius 2 is 2.38 bits per heavy atom. The monoisotopic (exact) mass is 151 g/mol. The number of rotatable bonds is 3. The van der Waals surface area contributed by atoms with Crippen molar-refractivity contribution in [1.29, 1.82) is 0 Å². The zero-order chi connectivity index (χ0) is 6.41. The van der Waals surface area contributed by atoms with Crippen LogP contribution in [0.15, 0.2) is 0 Å². The molecule has 0 aromatic rings. The lowest BCUT2D eigenvalue weighted by Crippen LogP contribution is -2.03. The second-order valence-electron chi connectivity index (χ2n) is 1.24. The van der Waals surface area contributed by atoms with Crippen LogP contribution in [0.5, 0.6) is 0 Å². The molecule has 0 aliphatic rings. The van der Waals surface area contributed by atoms with E-state index in [4.69, 9.17) is 5.73 Å². The van der Waals surface area contributed by atoms with E-state index < -0.39 is 0 Å². The number of hydrogen-bond donors (Lipinski definition) is 2. The lowest BCUT2D eigenvalue weighted by atomic mass is 10.6. The largest absolute Gasteiger partial charge is 0.361 e. The number of primary amides is 1. The molecule has 0 unspecified atom stereocenters. The van der Waals surface area contributed by atoms with Gasteiger partial charge >= 0.3 is 0 Å². The van der Waals surface area contributed by atoms with Gasteiger partial charge < -0.3 is 5.73 Å². The quantitative estimate of drug-likeness (QED) is 0.469. The van der Waals surface area contributed by atoms with Crippen LogP contribution in [0, 0.1) is 0 Å². The Kier molecular flexibility index (Phi) is 5.42. The summed E-state index contributed by atoms with van der Waals surface area (Å²) < 4.78 is 0. The lowest BCUT2D eigenvalue weighted by Gasteiger charge is -1.90. The first kappa shape index (κ1) is 8.17. The first-order valence-corrected chi connectivity index (χ1v) is 3.92. The van der Waals surface area contributed by atoms with E-state index in [1.54, 1.807) is 0 Å². The number of hydrogen-bond acceptors (Lipinski definition) is 3. The lowest BCUT2D eigenvalue weighted by molar-refractivity contribution is 0.267. The van der Waals surface area contributed by atoms with Crippen LogP contribution < -0.4 is 5.73 Å². The molecule has 0 aliphatic heterocycles. The van der Waals surface area contributed by atoms with E-state index in [1.807, 2.05) is 0 Å². The topological polar surface area (TPSA) is 43.1 Å². The van der Waals surface area contributed by atoms with Gasteiger partial charge in [-0.2, -0.15) is 12.6 Å². The number of thioether (sulfide) groups is 1. The summed E-state index contributed by atoms with van der Waals surface area (Å²) in [6.07, 6.45) is 0.941. The molecule has 0 radical (unpaired) electrons. The average molecular weight is 151 g/mol. The maximum atomic E-state index is 10.0. The molecule has 0 saturated carbocycles. The van der Waals surface area contributed by atoms with Crippen LogP contribution in [0.2, 0.25) is 0 Å². The highest BCUT2D eigenvalue weighted by atomic mass is 32.2. The molecule has 2 nitrogen and oxygen atoms in total. The number of carbonyl (C=O) groups excluding carboxylic acids is 1. The van der Waals surface area contributed by atoms with E-state index in [1.165, 1.54) is 0 Å². The molecule has 1 amide bonds. The molecule has 0 aliphatic carbocycles. The van der Waals surface area contributed by atoms with Gasteiger partial charge in [-0.3, -0.25) is 4.79 Å². The van der Waals surface area contributed by atoms with Crippen molar-refractivity contribution in [3.63, 3.8) is 0 Å². The summed E-state index contributed by atoms with van der Waals surface area (Å²) >= 11 is 5.10. The van der Waals surface area contributed by atoms with Crippen molar-refractivity contribution in [2.45, 2.75) is 6.42 Å². The molecule has 0 spiro atoms. The molecule has 0 aromatic carbocycles. The number of nitrogens with two attached hydrogens (primary N) is 1. The number of carbonyl (C=O) groups is 1. The van der Waals surface area contributed by atoms with Gasteiger partial charge in [-0.15, -0.1) is 0 Å². The second kappa shape index (κ2) is 5.31. The van der Waals surface area contributed by atoms with Gasteiger partial charge in [-0.25, -0.2) is 0 Å². The SMILES string of the molecule is NC(=O)SCCCS. The maximum Gasteiger partial charge on any atom is 0.276 e. The van der Waals surface area contributed by atoms with Gasteiger partial charge in [-0.1, -0.05) is 11.8 Å². The van der Waals surface area contributed by atoms with Crippen molar-refractivity contribution in [2.24, 2.45) is 5.73 Å². The van der Waals surface area contributed by atoms with Crippen LogP contribution in [0.4, 0.5) is 4.79 Å². The van der Waals surface area contributed by atoms with Crippen molar-refractivity contribution >= 4 is 29.6 Å². The summed E-state index contributed by atoms with van der Waals surface area (Å²) in [5, 5.41) is -0.299. The Labute approximate surface area is 58.6 Å². The average Bonchev–Trinajstić information content (AvgIpc) is 1.66. The van der Waals surface area contributed by atoms with Crippen molar-refractivity contribution in [2.75, 3.05) is 11.5 Å². The third kappa shape index (κ3) is 6.17. The first-order chi connectivity index (χ1) is 3.77. The van der Waals surface area contributed by atoms with Gasteiger partial charge in [0, 0.05) is 5.75 Å². The number of amides is 1. The van der Waals surface area contributed by atoms with Gasteiger partial charge in [0.2, 0.25) is 0 Å². The summed E-state index contributed by atoms with van der Waals surface area (Å²) in [4.78, 5) is 10.0. The second-order valence-corrected chi connectivity index (χ2v) is 2.79. The van der Waals surface area contributed by atoms with Gasteiger partial charge in [0.15, 0.2) is 0 Å². The molecule has 0 fully saturated rings. The van der Waals surface area contributed by atoms with Crippen LogP contribution in [0.1, 0.15) is 6.42 Å². The Morgan fingerprint density at radius 3 is 2.75 bits per heavy atom. The van der Waals surface area contributed by atoms with E-state index >= 15 is 0 Å². The zero-order valence-corrected chi connectivity index (χ0v) is 6.17. The van der Waals surface area contributed by atoms with Gasteiger partial charge in [-0.05, 0) is 12.2 Å². The minimum absolute atomic E-state index is 0.299. The molecule has 8 heavy (non-hydrogen) atoms. The van der Waals surface area contributed by atoms with E-state index in [2.05, 4.69) is 12.6 Å². The molecule has 48 valence electrons. The fraction of sp³-hybridized carbons (Fsp3) is 0.750. The smallest absolute Gasteiger partial charge is 0.276 e. The first-order valence-electron chi connectivity index (χ1n) is 2.30. The molecule has 4 heteroatoms. The molecule has 2 N–H and O–H groups in total. The normalized spacial score (nSPS) is 9.12. The zero-order valence-electron chi connectivity index (χ0n) is 4.46. The van der Waals surface area contributed by atoms with Gasteiger partial charge in [0.05, 0.1) is 0 Å². The maximum absolute atomic E-state index is 10.0. The van der Waals surface area contributed by atoms with Crippen molar-refractivity contribution < 1.29 is 4.79 Å². The standard InChI is InChI=1S/C4H9NOS2/c5-4(6)8-3-1-2-7/h7H,1-3H2,(H2,5,6). The van der Waals surface area contributed by atoms with Gasteiger partial charge in [0.25, 0.3) is 5.24 Å². The Bertz CT molecular complexity index is 76.4. The molecule has 0 atom stereocenters. The fourth-order valence-corrected chi connectivity index (χ4v) is 1.10. The van der Waals surface area contributed by atoms with Crippen molar-refractivity contribution in [3.8, 4) is 0 Å². The summed E-state index contributed by atoms with van der Waals surface area (Å²) in [6, 6.07) is 0. The summed E-state index contributed by atoms with van der Waals surface area (Å²) in [5.41, 5.74) is 4.83. The van der Waals surface area contributed by atoms with E-state index in [9.17, 15) is 4.79 Å². The summed E-state index contributed by atoms with van der Waals surface area (Å²) in [5.74, 6) is 1.61. The number of thiol groups is 1. The molecule has 0 rings (SSSR count). The minimum Gasteiger partial charge on any atom is -0.361 e. The third-order valence-corrected chi connectivity index (χ3v) is 1.64. The minimum atomic E-state index is -0.299. The predicted octanol–water partition coefficient (Wildman–Crippen LogP) is 1.12. The molecule has 0 bridgehead atoms. The molecular formula is C4H9NOS2.